The van der Waals surface area contributed by atoms with Crippen molar-refractivity contribution in [3.05, 3.63) is 16.5 Å². The highest BCUT2D eigenvalue weighted by molar-refractivity contribution is 6.30. The molecule has 1 aliphatic heterocycles. The highest BCUT2D eigenvalue weighted by atomic mass is 35.5. The van der Waals surface area contributed by atoms with Gasteiger partial charge in [0.05, 0.1) is 0 Å². The van der Waals surface area contributed by atoms with Crippen LogP contribution in [0, 0.1) is 6.92 Å². The number of halogens is 1. The van der Waals surface area contributed by atoms with Crippen molar-refractivity contribution >= 4 is 23.3 Å². The van der Waals surface area contributed by atoms with Gasteiger partial charge in [-0.1, -0.05) is 11.6 Å². The topological polar surface area (TPSA) is 58.1 Å². The van der Waals surface area contributed by atoms with Gasteiger partial charge in [0.1, 0.15) is 16.8 Å². The first kappa shape index (κ1) is 14.6. The summed E-state index contributed by atoms with van der Waals surface area (Å²) in [6.45, 7) is 5.34. The molecule has 0 bridgehead atoms. The van der Waals surface area contributed by atoms with E-state index in [-0.39, 0.29) is 11.9 Å². The predicted octanol–water partition coefficient (Wildman–Crippen LogP) is 2.42. The number of anilines is 1. The van der Waals surface area contributed by atoms with E-state index >= 15 is 0 Å². The number of carbonyl (C=O) groups is 1. The van der Waals surface area contributed by atoms with E-state index in [0.717, 1.165) is 43.1 Å². The molecule has 1 aliphatic carbocycles. The first-order valence-electron chi connectivity index (χ1n) is 7.60. The summed E-state index contributed by atoms with van der Waals surface area (Å²) in [5, 5.41) is 3.57. The van der Waals surface area contributed by atoms with Gasteiger partial charge in [-0.3, -0.25) is 4.79 Å². The molecule has 1 saturated heterocycles. The van der Waals surface area contributed by atoms with E-state index in [1.807, 2.05) is 6.92 Å². The molecule has 1 saturated carbocycles. The van der Waals surface area contributed by atoms with Gasteiger partial charge in [0, 0.05) is 37.5 Å². The van der Waals surface area contributed by atoms with Crippen LogP contribution in [0.5, 0.6) is 0 Å². The van der Waals surface area contributed by atoms with Gasteiger partial charge in [0.25, 0.3) is 0 Å². The number of carbonyl (C=O) groups excluding carboxylic acids is 1. The Morgan fingerprint density at radius 3 is 2.48 bits per heavy atom. The Morgan fingerprint density at radius 1 is 1.24 bits per heavy atom. The zero-order valence-electron chi connectivity index (χ0n) is 12.5. The Hall–Kier alpha value is -1.36. The molecule has 0 atom stereocenters. The van der Waals surface area contributed by atoms with Crippen LogP contribution in [-0.2, 0) is 4.79 Å². The molecule has 6 heteroatoms. The van der Waals surface area contributed by atoms with Crippen LogP contribution < -0.4 is 10.2 Å². The van der Waals surface area contributed by atoms with Crippen molar-refractivity contribution in [2.24, 2.45) is 0 Å². The molecule has 3 rings (SSSR count). The van der Waals surface area contributed by atoms with Crippen molar-refractivity contribution < 1.29 is 4.79 Å². The first-order chi connectivity index (χ1) is 10.0. The second-order valence-corrected chi connectivity index (χ2v) is 6.42. The molecule has 0 spiro atoms. The molecule has 0 aromatic carbocycles. The van der Waals surface area contributed by atoms with E-state index < -0.39 is 0 Å². The van der Waals surface area contributed by atoms with E-state index in [2.05, 4.69) is 15.2 Å². The minimum Gasteiger partial charge on any atom is -0.356 e. The molecule has 114 valence electrons. The van der Waals surface area contributed by atoms with Crippen LogP contribution in [0.25, 0.3) is 0 Å². The van der Waals surface area contributed by atoms with Crippen molar-refractivity contribution in [3.8, 4) is 0 Å². The van der Waals surface area contributed by atoms with E-state index in [1.165, 1.54) is 12.8 Å². The Labute approximate surface area is 130 Å². The number of nitrogens with one attached hydrogen (secondary N) is 1. The Bertz CT molecular complexity index is 551. The van der Waals surface area contributed by atoms with Gasteiger partial charge in [0.2, 0.25) is 5.91 Å². The highest BCUT2D eigenvalue weighted by Gasteiger charge is 2.29. The molecule has 2 aliphatic rings. The lowest BCUT2D eigenvalue weighted by Gasteiger charge is -2.34. The monoisotopic (exact) mass is 308 g/mol. The Kier molecular flexibility index (Phi) is 4.02. The van der Waals surface area contributed by atoms with Gasteiger partial charge in [-0.2, -0.15) is 0 Å². The molecular weight excluding hydrogens is 288 g/mol. The summed E-state index contributed by atoms with van der Waals surface area (Å²) >= 11 is 6.27. The maximum Gasteiger partial charge on any atom is 0.217 e. The molecule has 1 N–H and O–H groups in total. The van der Waals surface area contributed by atoms with Crippen molar-refractivity contribution in [2.75, 3.05) is 18.0 Å². The molecule has 1 aromatic heterocycles. The lowest BCUT2D eigenvalue weighted by atomic mass is 10.0. The predicted molar refractivity (Wildman–Crippen MR) is 82.8 cm³/mol. The summed E-state index contributed by atoms with van der Waals surface area (Å²) in [7, 11) is 0. The summed E-state index contributed by atoms with van der Waals surface area (Å²) < 4.78 is 0. The normalized spacial score (nSPS) is 19.7. The quantitative estimate of drug-likeness (QED) is 0.871. The zero-order valence-corrected chi connectivity index (χ0v) is 13.3. The molecule has 0 unspecified atom stereocenters. The van der Waals surface area contributed by atoms with Crippen LogP contribution in [0.1, 0.15) is 49.9 Å². The number of aromatic nitrogens is 2. The van der Waals surface area contributed by atoms with Gasteiger partial charge < -0.3 is 10.2 Å². The van der Waals surface area contributed by atoms with Crippen LogP contribution in [0.4, 0.5) is 5.82 Å². The van der Waals surface area contributed by atoms with Gasteiger partial charge in [-0.05, 0) is 32.6 Å². The Balaban J connectivity index is 1.74. The smallest absolute Gasteiger partial charge is 0.217 e. The van der Waals surface area contributed by atoms with Crippen LogP contribution in [-0.4, -0.2) is 35.0 Å². The van der Waals surface area contributed by atoms with Crippen molar-refractivity contribution in [1.82, 2.24) is 15.3 Å². The molecule has 1 amide bonds. The third-order valence-electron chi connectivity index (χ3n) is 4.22. The first-order valence-corrected chi connectivity index (χ1v) is 7.98. The number of hydrogen-bond acceptors (Lipinski definition) is 4. The highest BCUT2D eigenvalue weighted by Crippen LogP contribution is 2.40. The maximum absolute atomic E-state index is 11.1. The Morgan fingerprint density at radius 2 is 1.90 bits per heavy atom. The fourth-order valence-electron chi connectivity index (χ4n) is 2.85. The SMILES string of the molecule is CC(=O)NC1CCN(c2nc(C3CC3)nc(Cl)c2C)CC1. The summed E-state index contributed by atoms with van der Waals surface area (Å²) in [5.74, 6) is 2.41. The van der Waals surface area contributed by atoms with Crippen LogP contribution in [0.2, 0.25) is 5.15 Å². The van der Waals surface area contributed by atoms with Crippen LogP contribution >= 0.6 is 11.6 Å². The zero-order chi connectivity index (χ0) is 15.0. The molecule has 2 fully saturated rings. The lowest BCUT2D eigenvalue weighted by molar-refractivity contribution is -0.119. The number of nitrogens with zero attached hydrogens (tertiary/aromatic N) is 3. The third-order valence-corrected chi connectivity index (χ3v) is 4.59. The van der Waals surface area contributed by atoms with Gasteiger partial charge in [-0.15, -0.1) is 0 Å². The average Bonchev–Trinajstić information content (AvgIpc) is 3.26. The fraction of sp³-hybridized carbons (Fsp3) is 0.667. The second kappa shape index (κ2) is 5.79. The van der Waals surface area contributed by atoms with Crippen LogP contribution in [0.15, 0.2) is 0 Å². The van der Waals surface area contributed by atoms with Crippen LogP contribution in [0.3, 0.4) is 0 Å². The molecule has 5 nitrogen and oxygen atoms in total. The number of piperidine rings is 1. The van der Waals surface area contributed by atoms with Gasteiger partial charge in [0.15, 0.2) is 0 Å². The van der Waals surface area contributed by atoms with Gasteiger partial charge >= 0.3 is 0 Å². The van der Waals surface area contributed by atoms with Crippen molar-refractivity contribution in [1.29, 1.82) is 0 Å². The molecule has 1 aromatic rings. The van der Waals surface area contributed by atoms with Crippen molar-refractivity contribution in [3.63, 3.8) is 0 Å². The van der Waals surface area contributed by atoms with E-state index in [9.17, 15) is 4.79 Å². The lowest BCUT2D eigenvalue weighted by Crippen LogP contribution is -2.44. The third kappa shape index (κ3) is 3.28. The molecular formula is C15H21ClN4O. The van der Waals surface area contributed by atoms with E-state index in [4.69, 9.17) is 16.6 Å². The molecule has 0 radical (unpaired) electrons. The molecule has 21 heavy (non-hydrogen) atoms. The minimum atomic E-state index is 0.0470. The summed E-state index contributed by atoms with van der Waals surface area (Å²) in [4.78, 5) is 22.6. The summed E-state index contributed by atoms with van der Waals surface area (Å²) in [5.41, 5.74) is 0.957. The number of amides is 1. The fourth-order valence-corrected chi connectivity index (χ4v) is 3.02. The number of rotatable bonds is 3. The van der Waals surface area contributed by atoms with Gasteiger partial charge in [-0.25, -0.2) is 9.97 Å². The maximum atomic E-state index is 11.1. The van der Waals surface area contributed by atoms with E-state index in [1.54, 1.807) is 6.92 Å². The van der Waals surface area contributed by atoms with E-state index in [0.29, 0.717) is 11.1 Å². The van der Waals surface area contributed by atoms with Crippen molar-refractivity contribution in [2.45, 2.75) is 51.5 Å². The largest absolute Gasteiger partial charge is 0.356 e. The second-order valence-electron chi connectivity index (χ2n) is 6.06. The number of hydrogen-bond donors (Lipinski definition) is 1. The standard InChI is InChI=1S/C15H21ClN4O/c1-9-13(16)18-14(11-3-4-11)19-15(9)20-7-5-12(6-8-20)17-10(2)21/h11-12H,3-8H2,1-2H3,(H,17,21). The summed E-state index contributed by atoms with van der Waals surface area (Å²) in [6, 6.07) is 0.277. The average molecular weight is 309 g/mol. The minimum absolute atomic E-state index is 0.0470. The molecule has 2 heterocycles. The summed E-state index contributed by atoms with van der Waals surface area (Å²) in [6.07, 6.45) is 4.23.